The van der Waals surface area contributed by atoms with Gasteiger partial charge in [-0.3, -0.25) is 4.79 Å². The molecule has 0 aliphatic heterocycles. The van der Waals surface area contributed by atoms with Crippen molar-refractivity contribution in [2.24, 2.45) is 0 Å². The summed E-state index contributed by atoms with van der Waals surface area (Å²) >= 11 is 6.84. The van der Waals surface area contributed by atoms with Gasteiger partial charge in [-0.2, -0.15) is 0 Å². The quantitative estimate of drug-likeness (QED) is 0.711. The van der Waals surface area contributed by atoms with E-state index in [-0.39, 0.29) is 11.9 Å². The van der Waals surface area contributed by atoms with Crippen LogP contribution in [0.4, 0.5) is 0 Å². The molecule has 0 aliphatic rings. The molecule has 2 aromatic rings. The molecule has 0 aromatic heterocycles. The Labute approximate surface area is 136 Å². The molecule has 0 N–H and O–H groups in total. The second kappa shape index (κ2) is 6.55. The Balaban J connectivity index is 2.24. The van der Waals surface area contributed by atoms with Crippen LogP contribution >= 0.6 is 31.9 Å². The highest BCUT2D eigenvalue weighted by molar-refractivity contribution is 9.11. The van der Waals surface area contributed by atoms with Gasteiger partial charge in [-0.15, -0.1) is 0 Å². The molecule has 2 aromatic carbocycles. The van der Waals surface area contributed by atoms with Crippen molar-refractivity contribution < 1.29 is 4.79 Å². The topological polar surface area (TPSA) is 20.3 Å². The fraction of sp³-hybridized carbons (Fsp3) is 0.188. The molecule has 0 saturated heterocycles. The second-order valence-corrected chi connectivity index (χ2v) is 6.40. The van der Waals surface area contributed by atoms with E-state index in [0.717, 1.165) is 14.5 Å². The molecule has 0 spiro atoms. The van der Waals surface area contributed by atoms with E-state index in [4.69, 9.17) is 0 Å². The van der Waals surface area contributed by atoms with E-state index < -0.39 is 0 Å². The third-order valence-electron chi connectivity index (χ3n) is 3.34. The number of rotatable bonds is 3. The van der Waals surface area contributed by atoms with Crippen LogP contribution in [0.3, 0.4) is 0 Å². The lowest BCUT2D eigenvalue weighted by Crippen LogP contribution is -2.29. The first-order valence-electron chi connectivity index (χ1n) is 6.28. The molecule has 2 nitrogen and oxygen atoms in total. The summed E-state index contributed by atoms with van der Waals surface area (Å²) in [6.07, 6.45) is 0. The summed E-state index contributed by atoms with van der Waals surface area (Å²) in [5.74, 6) is 0.000674. The summed E-state index contributed by atoms with van der Waals surface area (Å²) < 4.78 is 1.74. The fourth-order valence-electron chi connectivity index (χ4n) is 1.98. The van der Waals surface area contributed by atoms with E-state index in [0.29, 0.717) is 5.56 Å². The van der Waals surface area contributed by atoms with Crippen molar-refractivity contribution in [3.63, 3.8) is 0 Å². The minimum Gasteiger partial charge on any atom is -0.335 e. The molecule has 1 atom stereocenters. The average molecular weight is 397 g/mol. The normalized spacial score (nSPS) is 12.0. The summed E-state index contributed by atoms with van der Waals surface area (Å²) in [5, 5.41) is 0. The molecule has 0 radical (unpaired) electrons. The van der Waals surface area contributed by atoms with Gasteiger partial charge in [0.15, 0.2) is 0 Å². The fourth-order valence-corrected chi connectivity index (χ4v) is 3.20. The highest BCUT2D eigenvalue weighted by Gasteiger charge is 2.20. The molecule has 0 heterocycles. The van der Waals surface area contributed by atoms with Crippen LogP contribution in [-0.2, 0) is 0 Å². The first kappa shape index (κ1) is 15.3. The van der Waals surface area contributed by atoms with Crippen LogP contribution in [0.1, 0.15) is 28.9 Å². The van der Waals surface area contributed by atoms with Crippen molar-refractivity contribution in [3.8, 4) is 0 Å². The number of carbonyl (C=O) groups is 1. The van der Waals surface area contributed by atoms with Crippen molar-refractivity contribution in [1.82, 2.24) is 4.90 Å². The van der Waals surface area contributed by atoms with E-state index in [1.54, 1.807) is 4.90 Å². The maximum Gasteiger partial charge on any atom is 0.255 e. The Morgan fingerprint density at radius 1 is 1.10 bits per heavy atom. The molecule has 4 heteroatoms. The smallest absolute Gasteiger partial charge is 0.255 e. The molecule has 0 fully saturated rings. The maximum atomic E-state index is 12.6. The zero-order chi connectivity index (χ0) is 14.7. The number of nitrogens with zero attached hydrogens (tertiary/aromatic N) is 1. The molecule has 0 saturated carbocycles. The predicted octanol–water partition coefficient (Wildman–Crippen LogP) is 5.04. The van der Waals surface area contributed by atoms with Gasteiger partial charge in [0.25, 0.3) is 5.91 Å². The summed E-state index contributed by atoms with van der Waals surface area (Å²) in [7, 11) is 1.83. The van der Waals surface area contributed by atoms with Gasteiger partial charge in [0.05, 0.1) is 11.6 Å². The van der Waals surface area contributed by atoms with E-state index in [9.17, 15) is 4.79 Å². The number of hydrogen-bond acceptors (Lipinski definition) is 1. The lowest BCUT2D eigenvalue weighted by Gasteiger charge is -2.26. The van der Waals surface area contributed by atoms with Crippen LogP contribution < -0.4 is 0 Å². The summed E-state index contributed by atoms with van der Waals surface area (Å²) in [4.78, 5) is 14.3. The van der Waals surface area contributed by atoms with Crippen LogP contribution in [0.25, 0.3) is 0 Å². The Bertz CT molecular complexity index is 613. The van der Waals surface area contributed by atoms with Crippen LogP contribution in [0.5, 0.6) is 0 Å². The van der Waals surface area contributed by atoms with Crippen LogP contribution in [0.2, 0.25) is 0 Å². The highest BCUT2D eigenvalue weighted by Crippen LogP contribution is 2.26. The number of carbonyl (C=O) groups excluding carboxylic acids is 1. The van der Waals surface area contributed by atoms with Crippen LogP contribution in [0.15, 0.2) is 57.5 Å². The SMILES string of the molecule is CC(c1ccccc1)N(C)C(=O)c1ccc(Br)cc1Br. The standard InChI is InChI=1S/C16H15Br2NO/c1-11(12-6-4-3-5-7-12)19(2)16(20)14-9-8-13(17)10-15(14)18/h3-11H,1-2H3. The van der Waals surface area contributed by atoms with Crippen molar-refractivity contribution in [2.45, 2.75) is 13.0 Å². The molecule has 0 bridgehead atoms. The predicted molar refractivity (Wildman–Crippen MR) is 88.8 cm³/mol. The highest BCUT2D eigenvalue weighted by atomic mass is 79.9. The number of halogens is 2. The zero-order valence-electron chi connectivity index (χ0n) is 11.3. The van der Waals surface area contributed by atoms with Crippen molar-refractivity contribution in [1.29, 1.82) is 0 Å². The number of hydrogen-bond donors (Lipinski definition) is 0. The van der Waals surface area contributed by atoms with Gasteiger partial charge in [0.1, 0.15) is 0 Å². The van der Waals surface area contributed by atoms with Gasteiger partial charge in [0, 0.05) is 16.0 Å². The first-order chi connectivity index (χ1) is 9.50. The van der Waals surface area contributed by atoms with Crippen molar-refractivity contribution in [2.75, 3.05) is 7.05 Å². The van der Waals surface area contributed by atoms with Crippen LogP contribution in [-0.4, -0.2) is 17.9 Å². The molecular formula is C16H15Br2NO. The van der Waals surface area contributed by atoms with Crippen LogP contribution in [0, 0.1) is 0 Å². The number of amides is 1. The van der Waals surface area contributed by atoms with E-state index in [1.807, 2.05) is 62.5 Å². The monoisotopic (exact) mass is 395 g/mol. The molecule has 1 amide bonds. The minimum atomic E-state index is 0.000674. The molecule has 104 valence electrons. The van der Waals surface area contributed by atoms with Gasteiger partial charge in [0.2, 0.25) is 0 Å². The lowest BCUT2D eigenvalue weighted by molar-refractivity contribution is 0.0741. The summed E-state index contributed by atoms with van der Waals surface area (Å²) in [6, 6.07) is 15.6. The Hall–Kier alpha value is -1.13. The van der Waals surface area contributed by atoms with Gasteiger partial charge < -0.3 is 4.90 Å². The molecule has 2 rings (SSSR count). The molecule has 0 aliphatic carbocycles. The van der Waals surface area contributed by atoms with E-state index >= 15 is 0 Å². The van der Waals surface area contributed by atoms with Crippen molar-refractivity contribution >= 4 is 37.8 Å². The average Bonchev–Trinajstić information content (AvgIpc) is 2.46. The Morgan fingerprint density at radius 3 is 2.35 bits per heavy atom. The third kappa shape index (κ3) is 3.30. The third-order valence-corrected chi connectivity index (χ3v) is 4.49. The molecular weight excluding hydrogens is 382 g/mol. The van der Waals surface area contributed by atoms with Gasteiger partial charge in [-0.25, -0.2) is 0 Å². The zero-order valence-corrected chi connectivity index (χ0v) is 14.5. The van der Waals surface area contributed by atoms with Gasteiger partial charge in [-0.1, -0.05) is 46.3 Å². The van der Waals surface area contributed by atoms with E-state index in [2.05, 4.69) is 31.9 Å². The Morgan fingerprint density at radius 2 is 1.75 bits per heavy atom. The summed E-state index contributed by atoms with van der Waals surface area (Å²) in [5.41, 5.74) is 1.79. The minimum absolute atomic E-state index is 0.000674. The van der Waals surface area contributed by atoms with Crippen molar-refractivity contribution in [3.05, 3.63) is 68.6 Å². The molecule has 1 unspecified atom stereocenters. The van der Waals surface area contributed by atoms with E-state index in [1.165, 1.54) is 0 Å². The Kier molecular flexibility index (Phi) is 5.00. The van der Waals surface area contributed by atoms with Gasteiger partial charge in [-0.05, 0) is 46.6 Å². The summed E-state index contributed by atoms with van der Waals surface area (Å²) in [6.45, 7) is 2.03. The largest absolute Gasteiger partial charge is 0.335 e. The maximum absolute atomic E-state index is 12.6. The number of benzene rings is 2. The lowest BCUT2D eigenvalue weighted by atomic mass is 10.1. The van der Waals surface area contributed by atoms with Gasteiger partial charge >= 0.3 is 0 Å². The second-order valence-electron chi connectivity index (χ2n) is 4.63. The molecule has 20 heavy (non-hydrogen) atoms. The first-order valence-corrected chi connectivity index (χ1v) is 7.86.